The Labute approximate surface area is 173 Å². The van der Waals surface area contributed by atoms with E-state index in [9.17, 15) is 9.59 Å². The Morgan fingerprint density at radius 2 is 1.72 bits per heavy atom. The first-order valence-corrected chi connectivity index (χ1v) is 10.5. The van der Waals surface area contributed by atoms with Crippen molar-refractivity contribution in [3.8, 4) is 5.75 Å². The van der Waals surface area contributed by atoms with Crippen LogP contribution in [-0.2, 0) is 14.9 Å². The molecule has 0 unspecified atom stereocenters. The molecule has 1 aliphatic carbocycles. The number of nitrogens with zero attached hydrogens (tertiary/aromatic N) is 1. The molecule has 1 saturated carbocycles. The maximum absolute atomic E-state index is 13.4. The lowest BCUT2D eigenvalue weighted by Gasteiger charge is -2.43. The molecule has 1 aromatic carbocycles. The Hall–Kier alpha value is -2.28. The summed E-state index contributed by atoms with van der Waals surface area (Å²) in [4.78, 5) is 27.3. The molecule has 2 N–H and O–H groups in total. The fourth-order valence-electron chi connectivity index (χ4n) is 4.18. The maximum Gasteiger partial charge on any atom is 0.317 e. The van der Waals surface area contributed by atoms with Crippen LogP contribution in [0.25, 0.3) is 0 Å². The quantitative estimate of drug-likeness (QED) is 0.699. The predicted octanol–water partition coefficient (Wildman–Crippen LogP) is 2.44. The van der Waals surface area contributed by atoms with Crippen molar-refractivity contribution in [2.75, 3.05) is 40.5 Å². The predicted molar refractivity (Wildman–Crippen MR) is 111 cm³/mol. The number of urea groups is 1. The molecule has 1 heterocycles. The molecule has 0 aromatic heterocycles. The molecule has 0 radical (unpaired) electrons. The summed E-state index contributed by atoms with van der Waals surface area (Å²) in [5, 5.41) is 6.24. The van der Waals surface area contributed by atoms with Crippen LogP contribution in [0.1, 0.15) is 44.6 Å². The van der Waals surface area contributed by atoms with Crippen molar-refractivity contribution in [3.05, 3.63) is 29.8 Å². The van der Waals surface area contributed by atoms with Crippen molar-refractivity contribution in [3.63, 3.8) is 0 Å². The molecule has 0 bridgehead atoms. The van der Waals surface area contributed by atoms with Crippen molar-refractivity contribution >= 4 is 11.9 Å². The molecule has 7 heteroatoms. The van der Waals surface area contributed by atoms with Crippen LogP contribution in [0.3, 0.4) is 0 Å². The number of hydrogen-bond donors (Lipinski definition) is 2. The van der Waals surface area contributed by atoms with Crippen LogP contribution >= 0.6 is 0 Å². The second kappa shape index (κ2) is 9.03. The van der Waals surface area contributed by atoms with Gasteiger partial charge in [-0.1, -0.05) is 12.1 Å². The van der Waals surface area contributed by atoms with E-state index < -0.39 is 5.41 Å². The van der Waals surface area contributed by atoms with E-state index in [1.807, 2.05) is 36.1 Å². The highest BCUT2D eigenvalue weighted by atomic mass is 16.5. The molecule has 1 aromatic rings. The van der Waals surface area contributed by atoms with E-state index in [4.69, 9.17) is 9.47 Å². The number of benzene rings is 1. The number of likely N-dealkylation sites (tertiary alicyclic amines) is 1. The van der Waals surface area contributed by atoms with Gasteiger partial charge in [0.25, 0.3) is 0 Å². The molecule has 29 heavy (non-hydrogen) atoms. The third-order valence-electron chi connectivity index (χ3n) is 6.33. The van der Waals surface area contributed by atoms with Gasteiger partial charge in [0.2, 0.25) is 5.91 Å². The van der Waals surface area contributed by atoms with Gasteiger partial charge in [0.1, 0.15) is 5.75 Å². The Balaban J connectivity index is 1.70. The van der Waals surface area contributed by atoms with Gasteiger partial charge < -0.3 is 25.0 Å². The molecule has 7 nitrogen and oxygen atoms in total. The number of piperidine rings is 1. The van der Waals surface area contributed by atoms with E-state index in [1.165, 1.54) is 0 Å². The van der Waals surface area contributed by atoms with Crippen molar-refractivity contribution in [1.29, 1.82) is 0 Å². The summed E-state index contributed by atoms with van der Waals surface area (Å²) in [6.45, 7) is 4.37. The second-order valence-electron chi connectivity index (χ2n) is 8.11. The van der Waals surface area contributed by atoms with Crippen LogP contribution in [0, 0.1) is 0 Å². The summed E-state index contributed by atoms with van der Waals surface area (Å²) in [6, 6.07) is 7.77. The van der Waals surface area contributed by atoms with Crippen molar-refractivity contribution in [2.24, 2.45) is 0 Å². The van der Waals surface area contributed by atoms with Crippen LogP contribution in [0.2, 0.25) is 0 Å². The van der Waals surface area contributed by atoms with E-state index in [0.717, 1.165) is 43.4 Å². The average Bonchev–Trinajstić information content (AvgIpc) is 3.55. The fourth-order valence-corrected chi connectivity index (χ4v) is 4.18. The zero-order valence-electron chi connectivity index (χ0n) is 17.8. The number of ether oxygens (including phenoxy) is 2. The minimum atomic E-state index is -0.441. The minimum Gasteiger partial charge on any atom is -0.497 e. The highest BCUT2D eigenvalue weighted by molar-refractivity contribution is 5.92. The van der Waals surface area contributed by atoms with Gasteiger partial charge in [0, 0.05) is 38.9 Å². The van der Waals surface area contributed by atoms with E-state index in [2.05, 4.69) is 10.6 Å². The van der Waals surface area contributed by atoms with Crippen LogP contribution in [0.15, 0.2) is 24.3 Å². The van der Waals surface area contributed by atoms with E-state index in [-0.39, 0.29) is 17.5 Å². The molecule has 0 spiro atoms. The monoisotopic (exact) mass is 403 g/mol. The zero-order valence-corrected chi connectivity index (χ0v) is 17.8. The van der Waals surface area contributed by atoms with Gasteiger partial charge in [-0.3, -0.25) is 4.79 Å². The molecule has 2 fully saturated rings. The van der Waals surface area contributed by atoms with Crippen molar-refractivity contribution in [2.45, 2.75) is 50.0 Å². The molecular weight excluding hydrogens is 370 g/mol. The standard InChI is InChI=1S/C22H33N3O4/c1-4-23-20(27)25-14-11-21(12-15-25,13-16-28-2)24-19(26)22(9-10-22)17-5-7-18(29-3)8-6-17/h5-8H,4,9-16H2,1-3H3,(H,23,27)(H,24,26). The van der Waals surface area contributed by atoms with E-state index in [1.54, 1.807) is 14.2 Å². The van der Waals surface area contributed by atoms with Crippen LogP contribution in [0.5, 0.6) is 5.75 Å². The summed E-state index contributed by atoms with van der Waals surface area (Å²) in [7, 11) is 3.32. The van der Waals surface area contributed by atoms with Crippen LogP contribution in [-0.4, -0.2) is 62.8 Å². The average molecular weight is 404 g/mol. The van der Waals surface area contributed by atoms with Gasteiger partial charge in [-0.25, -0.2) is 4.79 Å². The van der Waals surface area contributed by atoms with Gasteiger partial charge >= 0.3 is 6.03 Å². The van der Waals surface area contributed by atoms with E-state index in [0.29, 0.717) is 26.2 Å². The van der Waals surface area contributed by atoms with Crippen molar-refractivity contribution in [1.82, 2.24) is 15.5 Å². The largest absolute Gasteiger partial charge is 0.497 e. The summed E-state index contributed by atoms with van der Waals surface area (Å²) in [5.41, 5.74) is 0.263. The molecule has 3 rings (SSSR count). The van der Waals surface area contributed by atoms with Crippen molar-refractivity contribution < 1.29 is 19.1 Å². The molecule has 1 saturated heterocycles. The number of nitrogens with one attached hydrogen (secondary N) is 2. The van der Waals surface area contributed by atoms with Gasteiger partial charge in [0.05, 0.1) is 12.5 Å². The normalized spacial score (nSPS) is 19.3. The van der Waals surface area contributed by atoms with Crippen LogP contribution in [0.4, 0.5) is 4.79 Å². The van der Waals surface area contributed by atoms with Gasteiger partial charge in [0.15, 0.2) is 0 Å². The highest BCUT2D eigenvalue weighted by Crippen LogP contribution is 2.49. The molecule has 3 amide bonds. The number of rotatable bonds is 8. The van der Waals surface area contributed by atoms with Crippen LogP contribution < -0.4 is 15.4 Å². The Bertz CT molecular complexity index is 707. The molecular formula is C22H33N3O4. The Morgan fingerprint density at radius 3 is 2.24 bits per heavy atom. The van der Waals surface area contributed by atoms with E-state index >= 15 is 0 Å². The first-order valence-electron chi connectivity index (χ1n) is 10.5. The third-order valence-corrected chi connectivity index (χ3v) is 6.33. The topological polar surface area (TPSA) is 79.9 Å². The molecule has 0 atom stereocenters. The Kier molecular flexibility index (Phi) is 6.67. The van der Waals surface area contributed by atoms with Gasteiger partial charge in [-0.2, -0.15) is 0 Å². The minimum absolute atomic E-state index is 0.0314. The number of hydrogen-bond acceptors (Lipinski definition) is 4. The van der Waals surface area contributed by atoms with Gasteiger partial charge in [-0.15, -0.1) is 0 Å². The molecule has 160 valence electrons. The number of carbonyl (C=O) groups excluding carboxylic acids is 2. The zero-order chi connectivity index (χ0) is 20.9. The summed E-state index contributed by atoms with van der Waals surface area (Å²) >= 11 is 0. The summed E-state index contributed by atoms with van der Waals surface area (Å²) in [5.74, 6) is 0.879. The number of methoxy groups -OCH3 is 2. The first kappa shape index (κ1) is 21.4. The summed E-state index contributed by atoms with van der Waals surface area (Å²) < 4.78 is 10.6. The Morgan fingerprint density at radius 1 is 1.07 bits per heavy atom. The molecule has 2 aliphatic rings. The molecule has 1 aliphatic heterocycles. The maximum atomic E-state index is 13.4. The second-order valence-corrected chi connectivity index (χ2v) is 8.11. The summed E-state index contributed by atoms with van der Waals surface area (Å²) in [6.07, 6.45) is 3.93. The fraction of sp³-hybridized carbons (Fsp3) is 0.636. The lowest BCUT2D eigenvalue weighted by atomic mass is 9.83. The number of carbonyl (C=O) groups is 2. The smallest absolute Gasteiger partial charge is 0.317 e. The van der Waals surface area contributed by atoms with Gasteiger partial charge in [-0.05, 0) is 56.7 Å². The first-order chi connectivity index (χ1) is 14.0. The lowest BCUT2D eigenvalue weighted by Crippen LogP contribution is -2.59. The third kappa shape index (κ3) is 4.66. The highest BCUT2D eigenvalue weighted by Gasteiger charge is 2.53. The number of amides is 3. The SMILES string of the molecule is CCNC(=O)N1CCC(CCOC)(NC(=O)C2(c3ccc(OC)cc3)CC2)CC1. The lowest BCUT2D eigenvalue weighted by molar-refractivity contribution is -0.126.